The molecule has 2 fully saturated rings. The number of fused-ring (bicyclic) bond motifs is 4. The zero-order chi connectivity index (χ0) is 26.6. The number of aliphatic carboxylic acids is 1. The molecule has 0 aromatic carbocycles. The standard InChI is InChI=1S/C31H44O6/c1-4-24-18-27-20-26-12-10-11-25(35-26)17-22(2)15-16-23(3)29(37-31(34)21-28(19-24)36-27)13-8-6-5-7-9-14-30(32)33/h4-9,13,15-16,22-23,25-29H,10-12,14,17-21H2,1-3H3,(H,32,33). The molecule has 3 aliphatic heterocycles. The Bertz CT molecular complexity index is 897. The van der Waals surface area contributed by atoms with Gasteiger partial charge in [-0.2, -0.15) is 0 Å². The summed E-state index contributed by atoms with van der Waals surface area (Å²) in [5.41, 5.74) is 1.34. The lowest BCUT2D eigenvalue weighted by molar-refractivity contribution is -0.154. The van der Waals surface area contributed by atoms with Gasteiger partial charge in [0.25, 0.3) is 0 Å². The van der Waals surface area contributed by atoms with Crippen LogP contribution in [0.1, 0.15) is 78.6 Å². The first-order valence-electron chi connectivity index (χ1n) is 13.9. The van der Waals surface area contributed by atoms with Crippen LogP contribution in [-0.4, -0.2) is 47.6 Å². The van der Waals surface area contributed by atoms with Crippen molar-refractivity contribution in [3.05, 3.63) is 60.3 Å². The van der Waals surface area contributed by atoms with Crippen molar-refractivity contribution in [3.8, 4) is 0 Å². The number of hydrogen-bond donors (Lipinski definition) is 1. The lowest BCUT2D eigenvalue weighted by Gasteiger charge is -2.37. The van der Waals surface area contributed by atoms with Crippen LogP contribution in [0.25, 0.3) is 0 Å². The molecule has 0 aromatic rings. The van der Waals surface area contributed by atoms with E-state index in [4.69, 9.17) is 19.3 Å². The Hall–Kier alpha value is -2.44. The van der Waals surface area contributed by atoms with E-state index in [0.29, 0.717) is 5.92 Å². The minimum Gasteiger partial charge on any atom is -0.481 e. The van der Waals surface area contributed by atoms with Crippen LogP contribution in [0.2, 0.25) is 0 Å². The zero-order valence-electron chi connectivity index (χ0n) is 22.6. The van der Waals surface area contributed by atoms with Gasteiger partial charge in [0.1, 0.15) is 6.10 Å². The second-order valence-electron chi connectivity index (χ2n) is 10.7. The van der Waals surface area contributed by atoms with Gasteiger partial charge in [-0.15, -0.1) is 0 Å². The van der Waals surface area contributed by atoms with Crippen molar-refractivity contribution in [1.82, 2.24) is 0 Å². The number of hydrogen-bond acceptors (Lipinski definition) is 5. The summed E-state index contributed by atoms with van der Waals surface area (Å²) in [6.07, 6.45) is 24.2. The molecule has 3 heterocycles. The Morgan fingerprint density at radius 3 is 2.41 bits per heavy atom. The molecule has 4 bridgehead atoms. The van der Waals surface area contributed by atoms with E-state index >= 15 is 0 Å². The summed E-state index contributed by atoms with van der Waals surface area (Å²) in [4.78, 5) is 23.6. The van der Waals surface area contributed by atoms with Gasteiger partial charge in [0.2, 0.25) is 0 Å². The number of allylic oxidation sites excluding steroid dienone is 6. The molecule has 7 unspecified atom stereocenters. The van der Waals surface area contributed by atoms with E-state index in [1.807, 2.05) is 18.2 Å². The third-order valence-electron chi connectivity index (χ3n) is 7.36. The largest absolute Gasteiger partial charge is 0.481 e. The van der Waals surface area contributed by atoms with Gasteiger partial charge in [0.05, 0.1) is 37.3 Å². The summed E-state index contributed by atoms with van der Waals surface area (Å²) in [5.74, 6) is -0.755. The average molecular weight is 513 g/mol. The van der Waals surface area contributed by atoms with Crippen LogP contribution in [0.4, 0.5) is 0 Å². The van der Waals surface area contributed by atoms with E-state index in [0.717, 1.165) is 38.5 Å². The van der Waals surface area contributed by atoms with Crippen LogP contribution in [0, 0.1) is 11.8 Å². The first kappa shape index (κ1) is 29.1. The smallest absolute Gasteiger partial charge is 0.309 e. The molecule has 6 heteroatoms. The van der Waals surface area contributed by atoms with E-state index in [-0.39, 0.29) is 49.1 Å². The molecule has 0 saturated carbocycles. The monoisotopic (exact) mass is 512 g/mol. The van der Waals surface area contributed by atoms with Crippen molar-refractivity contribution >= 4 is 11.9 Å². The second-order valence-corrected chi connectivity index (χ2v) is 10.7. The second kappa shape index (κ2) is 15.1. The molecule has 37 heavy (non-hydrogen) atoms. The fraction of sp³-hybridized carbons (Fsp3) is 0.613. The minimum absolute atomic E-state index is 0.00217. The lowest BCUT2D eigenvalue weighted by Crippen LogP contribution is -2.37. The molecule has 1 N–H and O–H groups in total. The predicted molar refractivity (Wildman–Crippen MR) is 145 cm³/mol. The van der Waals surface area contributed by atoms with Crippen molar-refractivity contribution in [2.75, 3.05) is 0 Å². The van der Waals surface area contributed by atoms with E-state index in [1.54, 1.807) is 18.2 Å². The number of carboxylic acids is 1. The van der Waals surface area contributed by atoms with Crippen molar-refractivity contribution in [1.29, 1.82) is 0 Å². The third kappa shape index (κ3) is 10.4. The van der Waals surface area contributed by atoms with Crippen LogP contribution in [0.3, 0.4) is 0 Å². The molecular formula is C31H44O6. The number of carboxylic acid groups (broad SMARTS) is 1. The van der Waals surface area contributed by atoms with Gasteiger partial charge >= 0.3 is 11.9 Å². The Morgan fingerprint density at radius 1 is 0.946 bits per heavy atom. The fourth-order valence-corrected chi connectivity index (χ4v) is 5.38. The Morgan fingerprint density at radius 2 is 1.65 bits per heavy atom. The number of esters is 1. The topological polar surface area (TPSA) is 82.1 Å². The van der Waals surface area contributed by atoms with Crippen LogP contribution in [0.5, 0.6) is 0 Å². The van der Waals surface area contributed by atoms with E-state index in [9.17, 15) is 9.59 Å². The first-order chi connectivity index (χ1) is 17.8. The molecule has 3 aliphatic rings. The van der Waals surface area contributed by atoms with Crippen molar-refractivity contribution < 1.29 is 28.9 Å². The Balaban J connectivity index is 1.75. The fourth-order valence-electron chi connectivity index (χ4n) is 5.38. The summed E-state index contributed by atoms with van der Waals surface area (Å²) in [6, 6.07) is 0. The molecule has 6 nitrogen and oxygen atoms in total. The quantitative estimate of drug-likeness (QED) is 0.258. The number of carbonyl (C=O) groups is 2. The highest BCUT2D eigenvalue weighted by atomic mass is 16.5. The highest BCUT2D eigenvalue weighted by molar-refractivity contribution is 5.70. The number of ether oxygens (including phenoxy) is 3. The predicted octanol–water partition coefficient (Wildman–Crippen LogP) is 6.49. The molecule has 204 valence electrons. The maximum atomic E-state index is 13.0. The van der Waals surface area contributed by atoms with Gasteiger partial charge in [-0.05, 0) is 57.4 Å². The molecule has 7 atom stereocenters. The average Bonchev–Trinajstić information content (AvgIpc) is 2.85. The molecule has 0 spiro atoms. The van der Waals surface area contributed by atoms with Crippen molar-refractivity contribution in [2.24, 2.45) is 11.8 Å². The third-order valence-corrected chi connectivity index (χ3v) is 7.36. The molecule has 0 aromatic heterocycles. The summed E-state index contributed by atoms with van der Waals surface area (Å²) in [7, 11) is 0. The van der Waals surface area contributed by atoms with Crippen LogP contribution < -0.4 is 0 Å². The van der Waals surface area contributed by atoms with E-state index in [1.165, 1.54) is 12.0 Å². The van der Waals surface area contributed by atoms with Gasteiger partial charge in [0.15, 0.2) is 0 Å². The number of cyclic esters (lactones) is 1. The highest BCUT2D eigenvalue weighted by Gasteiger charge is 2.32. The van der Waals surface area contributed by atoms with Crippen LogP contribution in [-0.2, 0) is 23.8 Å². The SMILES string of the molecule is CC=C1CC2CC(=O)OC(C=CC=CC=CCC(=O)O)C(C)C=CC(C)CC3CCCC(CC(C1)O2)O3. The zero-order valence-corrected chi connectivity index (χ0v) is 22.6. The maximum absolute atomic E-state index is 13.0. The molecule has 3 rings (SSSR count). The number of carbonyl (C=O) groups excluding carboxylic acids is 1. The van der Waals surface area contributed by atoms with Gasteiger partial charge < -0.3 is 19.3 Å². The van der Waals surface area contributed by atoms with Crippen LogP contribution in [0.15, 0.2) is 60.3 Å². The lowest BCUT2D eigenvalue weighted by atomic mass is 9.90. The van der Waals surface area contributed by atoms with Gasteiger partial charge in [-0.25, -0.2) is 0 Å². The summed E-state index contributed by atoms with van der Waals surface area (Å²) >= 11 is 0. The first-order valence-corrected chi connectivity index (χ1v) is 13.9. The normalized spacial score (nSPS) is 35.4. The van der Waals surface area contributed by atoms with Crippen LogP contribution >= 0.6 is 0 Å². The summed E-state index contributed by atoms with van der Waals surface area (Å²) in [6.45, 7) is 6.34. The maximum Gasteiger partial charge on any atom is 0.309 e. The Labute approximate surface area is 222 Å². The van der Waals surface area contributed by atoms with E-state index in [2.05, 4.69) is 39.0 Å². The highest BCUT2D eigenvalue weighted by Crippen LogP contribution is 2.33. The van der Waals surface area contributed by atoms with Gasteiger partial charge in [-0.3, -0.25) is 9.59 Å². The molecule has 2 saturated heterocycles. The summed E-state index contributed by atoms with van der Waals surface area (Å²) in [5, 5.41) is 8.71. The van der Waals surface area contributed by atoms with Gasteiger partial charge in [-0.1, -0.05) is 68.0 Å². The van der Waals surface area contributed by atoms with E-state index < -0.39 is 12.1 Å². The Kier molecular flexibility index (Phi) is 11.9. The summed E-state index contributed by atoms with van der Waals surface area (Å²) < 4.78 is 18.9. The minimum atomic E-state index is -0.863. The molecule has 0 amide bonds. The van der Waals surface area contributed by atoms with Crippen molar-refractivity contribution in [3.63, 3.8) is 0 Å². The molecule has 0 radical (unpaired) electrons. The van der Waals surface area contributed by atoms with Crippen molar-refractivity contribution in [2.45, 2.75) is 109 Å². The molecule has 0 aliphatic carbocycles. The number of rotatable bonds is 5. The molecular weight excluding hydrogens is 468 g/mol. The van der Waals surface area contributed by atoms with Gasteiger partial charge in [0, 0.05) is 12.3 Å².